The molecule has 6 nitrogen and oxygen atoms in total. The van der Waals surface area contributed by atoms with Crippen LogP contribution in [0.1, 0.15) is 31.1 Å². The molecule has 0 saturated carbocycles. The summed E-state index contributed by atoms with van der Waals surface area (Å²) in [6.07, 6.45) is 5.54. The van der Waals surface area contributed by atoms with Gasteiger partial charge in [-0.25, -0.2) is 0 Å². The third kappa shape index (κ3) is 5.22. The number of thiocarbonyl (C=S) groups is 1. The molecule has 3 aromatic rings. The highest BCUT2D eigenvalue weighted by molar-refractivity contribution is 7.80. The molecule has 0 aliphatic heterocycles. The standard InChI is InChI=1S/C18H20Cl2N6S/c1-3-25-7-6-17(24-25)12(2)22-18(27)23-15-9-21-26(11-15)10-13-4-5-14(19)8-16(13)20/h4-9,11-12H,3,10H2,1-2H3,(H2,22,23,27). The molecule has 1 atom stereocenters. The highest BCUT2D eigenvalue weighted by Crippen LogP contribution is 2.22. The van der Waals surface area contributed by atoms with Crippen LogP contribution in [0.3, 0.4) is 0 Å². The van der Waals surface area contributed by atoms with Crippen LogP contribution in [0.15, 0.2) is 42.9 Å². The Labute approximate surface area is 173 Å². The van der Waals surface area contributed by atoms with Crippen molar-refractivity contribution in [3.05, 3.63) is 64.2 Å². The molecule has 2 N–H and O–H groups in total. The number of halogens is 2. The molecule has 3 rings (SSSR count). The number of hydrogen-bond donors (Lipinski definition) is 2. The average Bonchev–Trinajstić information content (AvgIpc) is 3.26. The maximum absolute atomic E-state index is 6.22. The first-order chi connectivity index (χ1) is 12.9. The summed E-state index contributed by atoms with van der Waals surface area (Å²) < 4.78 is 3.67. The Balaban J connectivity index is 1.57. The molecule has 0 saturated heterocycles. The molecular formula is C18H20Cl2N6S. The zero-order chi connectivity index (χ0) is 19.4. The van der Waals surface area contributed by atoms with Crippen LogP contribution in [0.2, 0.25) is 10.0 Å². The number of hydrogen-bond acceptors (Lipinski definition) is 3. The molecule has 27 heavy (non-hydrogen) atoms. The number of rotatable bonds is 6. The predicted molar refractivity (Wildman–Crippen MR) is 113 cm³/mol. The summed E-state index contributed by atoms with van der Waals surface area (Å²) in [6, 6.07) is 7.41. The lowest BCUT2D eigenvalue weighted by molar-refractivity contribution is 0.613. The Morgan fingerprint density at radius 3 is 2.78 bits per heavy atom. The Morgan fingerprint density at radius 1 is 1.26 bits per heavy atom. The van der Waals surface area contributed by atoms with Gasteiger partial charge in [0.15, 0.2) is 5.11 Å². The Hall–Kier alpha value is -2.09. The number of aromatic nitrogens is 4. The summed E-state index contributed by atoms with van der Waals surface area (Å²) in [5, 5.41) is 16.9. The largest absolute Gasteiger partial charge is 0.354 e. The SMILES string of the molecule is CCn1ccc(C(C)NC(=S)Nc2cnn(Cc3ccc(Cl)cc3Cl)c2)n1. The summed E-state index contributed by atoms with van der Waals surface area (Å²) in [5.41, 5.74) is 2.68. The van der Waals surface area contributed by atoms with Crippen LogP contribution in [0.5, 0.6) is 0 Å². The van der Waals surface area contributed by atoms with Gasteiger partial charge in [0.1, 0.15) is 0 Å². The van der Waals surface area contributed by atoms with Crippen molar-refractivity contribution in [2.45, 2.75) is 33.0 Å². The minimum Gasteiger partial charge on any atom is -0.354 e. The summed E-state index contributed by atoms with van der Waals surface area (Å²) in [4.78, 5) is 0. The highest BCUT2D eigenvalue weighted by Gasteiger charge is 2.11. The first kappa shape index (κ1) is 19.7. The van der Waals surface area contributed by atoms with Gasteiger partial charge in [0.05, 0.1) is 30.2 Å². The van der Waals surface area contributed by atoms with Crippen molar-refractivity contribution >= 4 is 46.2 Å². The quantitative estimate of drug-likeness (QED) is 0.572. The lowest BCUT2D eigenvalue weighted by atomic mass is 10.2. The molecular weight excluding hydrogens is 403 g/mol. The third-order valence-electron chi connectivity index (χ3n) is 4.02. The molecule has 0 radical (unpaired) electrons. The van der Waals surface area contributed by atoms with Crippen molar-refractivity contribution in [2.75, 3.05) is 5.32 Å². The maximum atomic E-state index is 6.22. The normalized spacial score (nSPS) is 12.0. The van der Waals surface area contributed by atoms with Gasteiger partial charge in [-0.05, 0) is 49.8 Å². The van der Waals surface area contributed by atoms with Gasteiger partial charge in [0, 0.05) is 29.0 Å². The van der Waals surface area contributed by atoms with Crippen molar-refractivity contribution in [1.82, 2.24) is 24.9 Å². The van der Waals surface area contributed by atoms with Crippen LogP contribution < -0.4 is 10.6 Å². The van der Waals surface area contributed by atoms with E-state index < -0.39 is 0 Å². The fourth-order valence-electron chi connectivity index (χ4n) is 2.56. The monoisotopic (exact) mass is 422 g/mol. The van der Waals surface area contributed by atoms with Gasteiger partial charge in [0.25, 0.3) is 0 Å². The van der Waals surface area contributed by atoms with E-state index in [4.69, 9.17) is 35.4 Å². The second-order valence-corrected chi connectivity index (χ2v) is 7.33. The summed E-state index contributed by atoms with van der Waals surface area (Å²) in [5.74, 6) is 0. The van der Waals surface area contributed by atoms with Crippen LogP contribution in [-0.4, -0.2) is 24.7 Å². The van der Waals surface area contributed by atoms with E-state index in [-0.39, 0.29) is 6.04 Å². The van der Waals surface area contributed by atoms with Crippen LogP contribution in [0.25, 0.3) is 0 Å². The first-order valence-corrected chi connectivity index (χ1v) is 9.68. The van der Waals surface area contributed by atoms with Gasteiger partial charge in [-0.2, -0.15) is 10.2 Å². The molecule has 1 aromatic carbocycles. The molecule has 9 heteroatoms. The van der Waals surface area contributed by atoms with Crippen LogP contribution in [0.4, 0.5) is 5.69 Å². The van der Waals surface area contributed by atoms with Crippen LogP contribution >= 0.6 is 35.4 Å². The van der Waals surface area contributed by atoms with Crippen molar-refractivity contribution in [1.29, 1.82) is 0 Å². The number of nitrogens with zero attached hydrogens (tertiary/aromatic N) is 4. The summed E-state index contributed by atoms with van der Waals surface area (Å²) in [7, 11) is 0. The topological polar surface area (TPSA) is 59.7 Å². The van der Waals surface area contributed by atoms with Gasteiger partial charge < -0.3 is 10.6 Å². The van der Waals surface area contributed by atoms with Crippen molar-refractivity contribution in [3.63, 3.8) is 0 Å². The smallest absolute Gasteiger partial charge is 0.171 e. The predicted octanol–water partition coefficient (Wildman–Crippen LogP) is 4.50. The van der Waals surface area contributed by atoms with Gasteiger partial charge in [0.2, 0.25) is 0 Å². The lowest BCUT2D eigenvalue weighted by Crippen LogP contribution is -2.31. The maximum Gasteiger partial charge on any atom is 0.171 e. The average molecular weight is 423 g/mol. The highest BCUT2D eigenvalue weighted by atomic mass is 35.5. The molecule has 0 amide bonds. The van der Waals surface area contributed by atoms with E-state index in [1.54, 1.807) is 16.9 Å². The van der Waals surface area contributed by atoms with E-state index in [1.165, 1.54) is 0 Å². The fraction of sp³-hybridized carbons (Fsp3) is 0.278. The van der Waals surface area contributed by atoms with Gasteiger partial charge >= 0.3 is 0 Å². The zero-order valence-electron chi connectivity index (χ0n) is 15.0. The lowest BCUT2D eigenvalue weighted by Gasteiger charge is -2.14. The van der Waals surface area contributed by atoms with E-state index in [0.29, 0.717) is 21.7 Å². The molecule has 2 heterocycles. The Morgan fingerprint density at radius 2 is 2.07 bits per heavy atom. The minimum atomic E-state index is 0.000666. The Bertz CT molecular complexity index is 936. The van der Waals surface area contributed by atoms with Crippen LogP contribution in [-0.2, 0) is 13.1 Å². The molecule has 142 valence electrons. The molecule has 0 bridgehead atoms. The van der Waals surface area contributed by atoms with E-state index in [9.17, 15) is 0 Å². The second kappa shape index (κ2) is 8.73. The van der Waals surface area contributed by atoms with Crippen molar-refractivity contribution < 1.29 is 0 Å². The summed E-state index contributed by atoms with van der Waals surface area (Å²) in [6.45, 7) is 5.45. The molecule has 0 aliphatic rings. The molecule has 0 spiro atoms. The number of nitrogens with one attached hydrogen (secondary N) is 2. The van der Waals surface area contributed by atoms with E-state index in [2.05, 4.69) is 27.8 Å². The summed E-state index contributed by atoms with van der Waals surface area (Å²) >= 11 is 17.5. The Kier molecular flexibility index (Phi) is 6.36. The van der Waals surface area contributed by atoms with E-state index in [1.807, 2.05) is 42.2 Å². The molecule has 2 aromatic heterocycles. The van der Waals surface area contributed by atoms with Gasteiger partial charge in [-0.15, -0.1) is 0 Å². The molecule has 0 aliphatic carbocycles. The fourth-order valence-corrected chi connectivity index (χ4v) is 3.32. The van der Waals surface area contributed by atoms with Gasteiger partial charge in [-0.1, -0.05) is 29.3 Å². The second-order valence-electron chi connectivity index (χ2n) is 6.08. The zero-order valence-corrected chi connectivity index (χ0v) is 17.3. The van der Waals surface area contributed by atoms with Crippen LogP contribution in [0, 0.1) is 0 Å². The minimum absolute atomic E-state index is 0.000666. The van der Waals surface area contributed by atoms with Crippen molar-refractivity contribution in [3.8, 4) is 0 Å². The molecule has 0 fully saturated rings. The first-order valence-electron chi connectivity index (χ1n) is 8.52. The van der Waals surface area contributed by atoms with Crippen molar-refractivity contribution in [2.24, 2.45) is 0 Å². The number of anilines is 1. The number of benzene rings is 1. The number of aryl methyl sites for hydroxylation is 1. The van der Waals surface area contributed by atoms with E-state index in [0.717, 1.165) is 23.5 Å². The third-order valence-corrected chi connectivity index (χ3v) is 4.82. The van der Waals surface area contributed by atoms with E-state index >= 15 is 0 Å². The van der Waals surface area contributed by atoms with Gasteiger partial charge in [-0.3, -0.25) is 9.36 Å². The molecule has 1 unspecified atom stereocenters.